The maximum absolute atomic E-state index is 13.2. The first-order chi connectivity index (χ1) is 16.7. The molecule has 1 atom stereocenters. The van der Waals surface area contributed by atoms with Crippen LogP contribution in [0.15, 0.2) is 42.5 Å². The zero-order valence-electron chi connectivity index (χ0n) is 19.3. The van der Waals surface area contributed by atoms with Crippen molar-refractivity contribution in [3.05, 3.63) is 74.6 Å². The number of nitrogens with zero attached hydrogens (tertiary/aromatic N) is 3. The molecule has 1 amide bonds. The number of hydrogen-bond donors (Lipinski definition) is 0. The summed E-state index contributed by atoms with van der Waals surface area (Å²) in [6.07, 6.45) is 2.58. The topological polar surface area (TPSA) is 102 Å². The number of methoxy groups -OCH3 is 1. The van der Waals surface area contributed by atoms with E-state index in [4.69, 9.17) is 21.1 Å². The van der Waals surface area contributed by atoms with Crippen LogP contribution in [0.1, 0.15) is 18.1 Å². The summed E-state index contributed by atoms with van der Waals surface area (Å²) in [5, 5.41) is 11.5. The summed E-state index contributed by atoms with van der Waals surface area (Å²) < 4.78 is 23.5. The maximum atomic E-state index is 13.2. The van der Waals surface area contributed by atoms with Gasteiger partial charge in [-0.15, -0.1) is 0 Å². The van der Waals surface area contributed by atoms with Crippen LogP contribution in [0.5, 0.6) is 5.75 Å². The average molecular weight is 506 g/mol. The lowest BCUT2D eigenvalue weighted by Gasteiger charge is -2.40. The van der Waals surface area contributed by atoms with Gasteiger partial charge in [-0.25, -0.2) is 4.39 Å². The van der Waals surface area contributed by atoms with Crippen LogP contribution in [0.4, 0.5) is 10.1 Å². The maximum Gasteiger partial charge on any atom is 0.302 e. The highest BCUT2D eigenvalue weighted by atomic mass is 35.5. The molecule has 1 fully saturated rings. The number of esters is 1. The minimum absolute atomic E-state index is 0.00372. The molecule has 186 valence electrons. The quantitative estimate of drug-likeness (QED) is 0.233. The molecule has 0 aliphatic carbocycles. The van der Waals surface area contributed by atoms with Crippen molar-refractivity contribution < 1.29 is 28.4 Å². The zero-order valence-corrected chi connectivity index (χ0v) is 20.0. The van der Waals surface area contributed by atoms with Crippen LogP contribution in [0.3, 0.4) is 0 Å². The number of halogens is 2. The lowest BCUT2D eigenvalue weighted by atomic mass is 10.1. The van der Waals surface area contributed by atoms with Gasteiger partial charge in [0.1, 0.15) is 18.2 Å². The summed E-state index contributed by atoms with van der Waals surface area (Å²) in [7, 11) is 1.39. The lowest BCUT2D eigenvalue weighted by Crippen LogP contribution is -2.56. The van der Waals surface area contributed by atoms with Gasteiger partial charge in [0, 0.05) is 45.2 Å². The first-order valence-corrected chi connectivity index (χ1v) is 11.2. The number of carbonyl (C=O) groups is 2. The number of nitro groups is 1. The number of ether oxygens (including phenoxy) is 2. The van der Waals surface area contributed by atoms with Gasteiger partial charge in [0.2, 0.25) is 5.91 Å². The van der Waals surface area contributed by atoms with E-state index in [1.54, 1.807) is 17.0 Å². The molecule has 0 bridgehead atoms. The number of amides is 1. The van der Waals surface area contributed by atoms with Crippen molar-refractivity contribution in [2.24, 2.45) is 0 Å². The molecule has 9 nitrogen and oxygen atoms in total. The van der Waals surface area contributed by atoms with Crippen LogP contribution in [0.25, 0.3) is 6.08 Å². The third-order valence-electron chi connectivity index (χ3n) is 5.55. The standard InChI is InChI=1S/C24H25ClFN3O6/c1-16(30)35-15-20-14-27(13-17-3-6-19(26)7-4-17)9-10-28(20)24(31)8-5-18-11-23(34-2)21(25)12-22(18)29(32)33/h3-8,11-12,20H,9-10,13-15H2,1-2H3/t20-/m0/s1. The van der Waals surface area contributed by atoms with E-state index in [1.807, 2.05) is 0 Å². The van der Waals surface area contributed by atoms with E-state index in [-0.39, 0.29) is 40.4 Å². The summed E-state index contributed by atoms with van der Waals surface area (Å²) in [5.41, 5.74) is 0.817. The van der Waals surface area contributed by atoms with E-state index in [0.29, 0.717) is 26.2 Å². The van der Waals surface area contributed by atoms with Crippen molar-refractivity contribution in [2.45, 2.75) is 19.5 Å². The molecule has 0 saturated carbocycles. The molecular weight excluding hydrogens is 481 g/mol. The molecule has 1 saturated heterocycles. The molecule has 0 spiro atoms. The second-order valence-corrected chi connectivity index (χ2v) is 8.39. The Labute approximate surface area is 206 Å². The van der Waals surface area contributed by atoms with E-state index in [9.17, 15) is 24.1 Å². The van der Waals surface area contributed by atoms with Crippen molar-refractivity contribution in [2.75, 3.05) is 33.4 Å². The van der Waals surface area contributed by atoms with Crippen molar-refractivity contribution in [1.29, 1.82) is 0 Å². The van der Waals surface area contributed by atoms with Crippen LogP contribution >= 0.6 is 11.6 Å². The molecule has 3 rings (SSSR count). The summed E-state index contributed by atoms with van der Waals surface area (Å²) in [4.78, 5) is 38.9. The van der Waals surface area contributed by atoms with Gasteiger partial charge in [-0.2, -0.15) is 0 Å². The van der Waals surface area contributed by atoms with Crippen LogP contribution < -0.4 is 4.74 Å². The van der Waals surface area contributed by atoms with Gasteiger partial charge in [-0.1, -0.05) is 23.7 Å². The number of hydrogen-bond acceptors (Lipinski definition) is 7. The first kappa shape index (κ1) is 26.1. The number of rotatable bonds is 8. The summed E-state index contributed by atoms with van der Waals surface area (Å²) in [6, 6.07) is 8.31. The minimum Gasteiger partial charge on any atom is -0.495 e. The first-order valence-electron chi connectivity index (χ1n) is 10.8. The third-order valence-corrected chi connectivity index (χ3v) is 5.85. The summed E-state index contributed by atoms with van der Waals surface area (Å²) >= 11 is 6.00. The molecule has 1 aliphatic heterocycles. The van der Waals surface area contributed by atoms with Gasteiger partial charge in [0.15, 0.2) is 0 Å². The SMILES string of the molecule is COc1cc(C=CC(=O)N2CCN(Cc3ccc(F)cc3)C[C@H]2COC(C)=O)c([N+](=O)[O-])cc1Cl. The number of carbonyl (C=O) groups excluding carboxylic acids is 2. The Balaban J connectivity index is 1.77. The predicted octanol–water partition coefficient (Wildman–Crippen LogP) is 3.69. The molecule has 2 aromatic rings. The Morgan fingerprint density at radius 3 is 2.60 bits per heavy atom. The van der Waals surface area contributed by atoms with Crippen molar-refractivity contribution in [3.8, 4) is 5.75 Å². The van der Waals surface area contributed by atoms with Crippen molar-refractivity contribution >= 4 is 35.2 Å². The Bertz CT molecular complexity index is 1120. The monoisotopic (exact) mass is 505 g/mol. The summed E-state index contributed by atoms with van der Waals surface area (Å²) in [6.45, 7) is 3.16. The van der Waals surface area contributed by atoms with Crippen LogP contribution in [0.2, 0.25) is 5.02 Å². The van der Waals surface area contributed by atoms with Crippen LogP contribution in [-0.4, -0.2) is 66.0 Å². The smallest absolute Gasteiger partial charge is 0.302 e. The fraction of sp³-hybridized carbons (Fsp3) is 0.333. The van der Waals surface area contributed by atoms with Crippen molar-refractivity contribution in [3.63, 3.8) is 0 Å². The highest BCUT2D eigenvalue weighted by Crippen LogP contribution is 2.33. The average Bonchev–Trinajstić information content (AvgIpc) is 2.83. The van der Waals surface area contributed by atoms with E-state index in [2.05, 4.69) is 4.90 Å². The second kappa shape index (κ2) is 11.8. The Morgan fingerprint density at radius 1 is 1.26 bits per heavy atom. The van der Waals surface area contributed by atoms with Gasteiger partial charge in [-0.05, 0) is 29.8 Å². The third kappa shape index (κ3) is 7.00. The molecule has 0 radical (unpaired) electrons. The second-order valence-electron chi connectivity index (χ2n) is 7.99. The van der Waals surface area contributed by atoms with E-state index >= 15 is 0 Å². The molecule has 1 heterocycles. The van der Waals surface area contributed by atoms with Crippen LogP contribution in [0, 0.1) is 15.9 Å². The lowest BCUT2D eigenvalue weighted by molar-refractivity contribution is -0.385. The van der Waals surface area contributed by atoms with Gasteiger partial charge in [0.25, 0.3) is 5.69 Å². The molecule has 0 unspecified atom stereocenters. The number of benzene rings is 2. The number of nitro benzene ring substituents is 1. The Hall–Kier alpha value is -3.50. The molecule has 0 aromatic heterocycles. The number of piperazine rings is 1. The van der Waals surface area contributed by atoms with Crippen LogP contribution in [-0.2, 0) is 20.9 Å². The molecule has 11 heteroatoms. The fourth-order valence-electron chi connectivity index (χ4n) is 3.82. The largest absolute Gasteiger partial charge is 0.495 e. The van der Waals surface area contributed by atoms with Gasteiger partial charge < -0.3 is 14.4 Å². The summed E-state index contributed by atoms with van der Waals surface area (Å²) in [5.74, 6) is -0.923. The molecule has 35 heavy (non-hydrogen) atoms. The Morgan fingerprint density at radius 2 is 1.97 bits per heavy atom. The zero-order chi connectivity index (χ0) is 25.5. The predicted molar refractivity (Wildman–Crippen MR) is 128 cm³/mol. The molecule has 1 aliphatic rings. The normalized spacial score (nSPS) is 16.3. The molecule has 0 N–H and O–H groups in total. The Kier molecular flexibility index (Phi) is 8.78. The van der Waals surface area contributed by atoms with Gasteiger partial charge in [0.05, 0.1) is 28.7 Å². The molecule has 2 aromatic carbocycles. The van der Waals surface area contributed by atoms with Gasteiger partial charge >= 0.3 is 5.97 Å². The fourth-order valence-corrected chi connectivity index (χ4v) is 4.06. The van der Waals surface area contributed by atoms with E-state index in [1.165, 1.54) is 50.5 Å². The highest BCUT2D eigenvalue weighted by molar-refractivity contribution is 6.32. The highest BCUT2D eigenvalue weighted by Gasteiger charge is 2.30. The van der Waals surface area contributed by atoms with E-state index < -0.39 is 16.9 Å². The van der Waals surface area contributed by atoms with Crippen molar-refractivity contribution in [1.82, 2.24) is 9.80 Å². The van der Waals surface area contributed by atoms with Gasteiger partial charge in [-0.3, -0.25) is 24.6 Å². The minimum atomic E-state index is -0.590. The van der Waals surface area contributed by atoms with E-state index in [0.717, 1.165) is 5.56 Å². The molecular formula is C24H25ClFN3O6.